The van der Waals surface area contributed by atoms with Gasteiger partial charge in [-0.15, -0.1) is 0 Å². The third kappa shape index (κ3) is 0.752. The van der Waals surface area contributed by atoms with Gasteiger partial charge in [-0.05, 0) is 39.3 Å². The van der Waals surface area contributed by atoms with Gasteiger partial charge in [-0.1, -0.05) is 25.1 Å². The molecule has 2 bridgehead atoms. The Morgan fingerprint density at radius 2 is 2.19 bits per heavy atom. The average Bonchev–Trinajstić information content (AvgIpc) is 2.63. The molecule has 0 amide bonds. The van der Waals surface area contributed by atoms with Crippen molar-refractivity contribution in [2.45, 2.75) is 31.0 Å². The highest BCUT2D eigenvalue weighted by molar-refractivity contribution is 7.60. The van der Waals surface area contributed by atoms with E-state index in [9.17, 15) is 0 Å². The molecule has 1 aromatic rings. The van der Waals surface area contributed by atoms with Gasteiger partial charge in [-0.25, -0.2) is 0 Å². The van der Waals surface area contributed by atoms with Crippen LogP contribution >= 0.6 is 7.92 Å². The molecule has 4 heterocycles. The molecule has 4 saturated heterocycles. The molecule has 0 radical (unpaired) electrons. The summed E-state index contributed by atoms with van der Waals surface area (Å²) >= 11 is 0. The fraction of sp³-hybridized carbons (Fsp3) is 0.538. The van der Waals surface area contributed by atoms with E-state index >= 15 is 0 Å². The lowest BCUT2D eigenvalue weighted by atomic mass is 9.91. The topological polar surface area (TPSA) is 15.8 Å². The van der Waals surface area contributed by atoms with Crippen LogP contribution in [0.15, 0.2) is 30.3 Å². The summed E-state index contributed by atoms with van der Waals surface area (Å²) in [4.78, 5) is 2.54. The second-order valence-electron chi connectivity index (χ2n) is 5.08. The van der Waals surface area contributed by atoms with E-state index in [-0.39, 0.29) is 19.0 Å². The Bertz CT molecular complexity index is 451. The Kier molecular flexibility index (Phi) is 1.55. The molecule has 0 aromatic heterocycles. The molecule has 4 aliphatic heterocycles. The van der Waals surface area contributed by atoms with Crippen molar-refractivity contribution in [3.05, 3.63) is 30.3 Å². The van der Waals surface area contributed by atoms with Crippen LogP contribution in [0.25, 0.3) is 0 Å². The van der Waals surface area contributed by atoms with E-state index in [1.54, 1.807) is 0 Å². The number of ether oxygens (including phenoxy) is 1. The number of nitrogens with zero attached hydrogens (tertiary/aromatic N) is 1. The van der Waals surface area contributed by atoms with E-state index in [2.05, 4.69) is 49.1 Å². The van der Waals surface area contributed by atoms with Crippen molar-refractivity contribution in [1.82, 2.24) is 0 Å². The van der Waals surface area contributed by atoms with Gasteiger partial charge in [0.1, 0.15) is 5.60 Å². The summed E-state index contributed by atoms with van der Waals surface area (Å²) in [7, 11) is 0.0541. The van der Waals surface area contributed by atoms with Crippen LogP contribution < -0.4 is 4.90 Å². The first-order valence-electron chi connectivity index (χ1n) is 6.03. The van der Waals surface area contributed by atoms with Crippen molar-refractivity contribution in [2.24, 2.45) is 0 Å². The van der Waals surface area contributed by atoms with Crippen LogP contribution in [0.1, 0.15) is 13.8 Å². The molecule has 84 valence electrons. The predicted molar refractivity (Wildman–Crippen MR) is 67.3 cm³/mol. The molecule has 0 aliphatic carbocycles. The molecule has 1 aromatic carbocycles. The van der Waals surface area contributed by atoms with Crippen LogP contribution in [0.3, 0.4) is 0 Å². The van der Waals surface area contributed by atoms with Crippen molar-refractivity contribution in [1.29, 1.82) is 0 Å². The largest absolute Gasteiger partial charge is 0.335 e. The normalized spacial score (nSPS) is 47.5. The van der Waals surface area contributed by atoms with E-state index < -0.39 is 0 Å². The zero-order valence-corrected chi connectivity index (χ0v) is 10.6. The Morgan fingerprint density at radius 3 is 2.75 bits per heavy atom. The molecule has 4 aliphatic rings. The minimum absolute atomic E-state index is 0.0541. The summed E-state index contributed by atoms with van der Waals surface area (Å²) in [5.74, 6) is 0. The number of anilines is 1. The lowest BCUT2D eigenvalue weighted by molar-refractivity contribution is 0.315. The van der Waals surface area contributed by atoms with Gasteiger partial charge in [0.25, 0.3) is 0 Å². The molecule has 0 saturated carbocycles. The highest BCUT2D eigenvalue weighted by Crippen LogP contribution is 2.85. The Hall–Kier alpha value is -0.590. The lowest BCUT2D eigenvalue weighted by Gasteiger charge is -2.42. The fourth-order valence-corrected chi connectivity index (χ4v) is 7.16. The Morgan fingerprint density at radius 1 is 1.44 bits per heavy atom. The highest BCUT2D eigenvalue weighted by atomic mass is 31.1. The smallest absolute Gasteiger partial charge is 0.192 e. The Labute approximate surface area is 97.3 Å². The van der Waals surface area contributed by atoms with E-state index in [1.807, 2.05) is 0 Å². The van der Waals surface area contributed by atoms with Crippen LogP contribution in [0.2, 0.25) is 0 Å². The summed E-state index contributed by atoms with van der Waals surface area (Å²) in [5, 5.41) is 0. The first-order chi connectivity index (χ1) is 7.74. The van der Waals surface area contributed by atoms with Gasteiger partial charge in [0.2, 0.25) is 0 Å². The van der Waals surface area contributed by atoms with Crippen LogP contribution in [-0.4, -0.2) is 29.4 Å². The van der Waals surface area contributed by atoms with Crippen LogP contribution in [0.4, 0.5) is 5.69 Å². The number of hydrogen-bond acceptors (Lipinski definition) is 2. The summed E-state index contributed by atoms with van der Waals surface area (Å²) in [5.41, 5.74) is 1.68. The molecule has 0 N–H and O–H groups in total. The summed E-state index contributed by atoms with van der Waals surface area (Å²) in [6.45, 7) is 4.61. The SMILES string of the molecule is CCP1CC2N(c3ccccc3)C13OC23C. The average molecular weight is 233 g/mol. The van der Waals surface area contributed by atoms with Crippen molar-refractivity contribution < 1.29 is 4.74 Å². The van der Waals surface area contributed by atoms with Crippen LogP contribution in [-0.2, 0) is 4.74 Å². The predicted octanol–water partition coefficient (Wildman–Crippen LogP) is 2.83. The molecule has 4 fully saturated rings. The first kappa shape index (κ1) is 9.44. The summed E-state index contributed by atoms with van der Waals surface area (Å²) < 4.78 is 6.13. The maximum absolute atomic E-state index is 6.13. The Balaban J connectivity index is 1.76. The van der Waals surface area contributed by atoms with Gasteiger partial charge >= 0.3 is 0 Å². The van der Waals surface area contributed by atoms with Gasteiger partial charge in [0.05, 0.1) is 6.04 Å². The molecular formula is C13H16NOP. The zero-order valence-electron chi connectivity index (χ0n) is 9.68. The van der Waals surface area contributed by atoms with Crippen molar-refractivity contribution in [3.63, 3.8) is 0 Å². The van der Waals surface area contributed by atoms with Crippen LogP contribution in [0, 0.1) is 0 Å². The summed E-state index contributed by atoms with van der Waals surface area (Å²) in [6, 6.07) is 11.4. The minimum atomic E-state index is 0.0541. The molecule has 16 heavy (non-hydrogen) atoms. The number of epoxide rings is 1. The van der Waals surface area contributed by atoms with Crippen molar-refractivity contribution >= 4 is 13.6 Å². The molecule has 4 atom stereocenters. The molecule has 4 unspecified atom stereocenters. The van der Waals surface area contributed by atoms with Crippen molar-refractivity contribution in [2.75, 3.05) is 17.2 Å². The number of hydrogen-bond donors (Lipinski definition) is 0. The molecular weight excluding hydrogens is 217 g/mol. The van der Waals surface area contributed by atoms with E-state index in [4.69, 9.17) is 4.74 Å². The zero-order chi connectivity index (χ0) is 11.0. The second-order valence-corrected chi connectivity index (χ2v) is 7.76. The van der Waals surface area contributed by atoms with E-state index in [1.165, 1.54) is 18.0 Å². The quantitative estimate of drug-likeness (QED) is 0.576. The first-order valence-corrected chi connectivity index (χ1v) is 7.75. The number of benzene rings is 1. The molecule has 2 nitrogen and oxygen atoms in total. The van der Waals surface area contributed by atoms with Crippen molar-refractivity contribution in [3.8, 4) is 0 Å². The number of para-hydroxylation sites is 1. The second kappa shape index (κ2) is 2.63. The minimum Gasteiger partial charge on any atom is -0.335 e. The maximum Gasteiger partial charge on any atom is 0.192 e. The van der Waals surface area contributed by atoms with Gasteiger partial charge in [-0.3, -0.25) is 0 Å². The van der Waals surface area contributed by atoms with Gasteiger partial charge in [0.15, 0.2) is 5.47 Å². The lowest BCUT2D eigenvalue weighted by Crippen LogP contribution is -2.60. The third-order valence-corrected chi connectivity index (χ3v) is 7.63. The summed E-state index contributed by atoms with van der Waals surface area (Å²) in [6.07, 6.45) is 2.67. The standard InChI is InChI=1S/C13H16NOP/c1-3-16-9-11-12(2)13(16,15-12)14(11)10-7-5-4-6-8-10/h4-8,11H,3,9H2,1-2H3. The number of rotatable bonds is 2. The third-order valence-electron chi connectivity index (χ3n) is 4.47. The number of fused-ring (bicyclic) bond motifs is 1. The molecule has 5 rings (SSSR count). The van der Waals surface area contributed by atoms with E-state index in [0.717, 1.165) is 0 Å². The molecule has 1 spiro atoms. The van der Waals surface area contributed by atoms with Crippen LogP contribution in [0.5, 0.6) is 0 Å². The highest BCUT2D eigenvalue weighted by Gasteiger charge is 2.91. The molecule has 3 heteroatoms. The van der Waals surface area contributed by atoms with Gasteiger partial charge in [-0.2, -0.15) is 0 Å². The van der Waals surface area contributed by atoms with E-state index in [0.29, 0.717) is 6.04 Å². The fourth-order valence-electron chi connectivity index (χ4n) is 3.64. The van der Waals surface area contributed by atoms with Gasteiger partial charge < -0.3 is 9.64 Å². The maximum atomic E-state index is 6.13. The monoisotopic (exact) mass is 233 g/mol. The van der Waals surface area contributed by atoms with Gasteiger partial charge in [0, 0.05) is 5.69 Å².